The molecule has 2 nitrogen and oxygen atoms in total. The zero-order valence-corrected chi connectivity index (χ0v) is 11.1. The predicted octanol–water partition coefficient (Wildman–Crippen LogP) is 4.44. The largest absolute Gasteiger partial charge is 0.411 e. The molecule has 0 aliphatic heterocycles. The molecule has 0 radical (unpaired) electrons. The highest BCUT2D eigenvalue weighted by Crippen LogP contribution is 2.37. The molecular weight excluding hydrogens is 258 g/mol. The van der Waals surface area contributed by atoms with Crippen molar-refractivity contribution in [2.45, 2.75) is 18.8 Å². The van der Waals surface area contributed by atoms with Gasteiger partial charge in [-0.1, -0.05) is 53.2 Å². The van der Waals surface area contributed by atoms with Gasteiger partial charge in [-0.15, -0.1) is 0 Å². The van der Waals surface area contributed by atoms with Crippen molar-refractivity contribution in [3.05, 3.63) is 70.2 Å². The van der Waals surface area contributed by atoms with Gasteiger partial charge < -0.3 is 5.21 Å². The second-order valence-corrected chi connectivity index (χ2v) is 5.22. The summed E-state index contributed by atoms with van der Waals surface area (Å²) in [5.74, 6) is 0.320. The van der Waals surface area contributed by atoms with Gasteiger partial charge in [0.25, 0.3) is 0 Å². The smallest absolute Gasteiger partial charge is 0.0871 e. The lowest BCUT2D eigenvalue weighted by molar-refractivity contribution is 0.317. The van der Waals surface area contributed by atoms with Crippen LogP contribution in [0.4, 0.5) is 0 Å². The molecule has 1 N–H and O–H groups in total. The summed E-state index contributed by atoms with van der Waals surface area (Å²) in [6.45, 7) is 0. The van der Waals surface area contributed by atoms with Crippen molar-refractivity contribution in [3.8, 4) is 0 Å². The van der Waals surface area contributed by atoms with Crippen LogP contribution in [0.1, 0.15) is 35.4 Å². The average molecular weight is 272 g/mol. The number of benzene rings is 2. The molecule has 19 heavy (non-hydrogen) atoms. The molecule has 0 spiro atoms. The van der Waals surface area contributed by atoms with E-state index in [9.17, 15) is 0 Å². The van der Waals surface area contributed by atoms with E-state index in [0.29, 0.717) is 5.92 Å². The number of oxime groups is 1. The molecule has 2 aromatic rings. The van der Waals surface area contributed by atoms with Crippen LogP contribution in [0.25, 0.3) is 0 Å². The number of rotatable bonds is 1. The first-order valence-electron chi connectivity index (χ1n) is 6.35. The number of fused-ring (bicyclic) bond motifs is 1. The lowest BCUT2D eigenvalue weighted by Gasteiger charge is -2.26. The van der Waals surface area contributed by atoms with Crippen molar-refractivity contribution in [2.24, 2.45) is 5.16 Å². The third kappa shape index (κ3) is 2.24. The van der Waals surface area contributed by atoms with Gasteiger partial charge >= 0.3 is 0 Å². The van der Waals surface area contributed by atoms with Crippen LogP contribution in [0.2, 0.25) is 5.02 Å². The summed E-state index contributed by atoms with van der Waals surface area (Å²) >= 11 is 6.12. The number of hydrogen-bond donors (Lipinski definition) is 1. The first-order valence-corrected chi connectivity index (χ1v) is 6.73. The molecule has 0 heterocycles. The molecular formula is C16H14ClNO. The molecule has 0 fully saturated rings. The summed E-state index contributed by atoms with van der Waals surface area (Å²) in [6, 6.07) is 16.2. The van der Waals surface area contributed by atoms with E-state index >= 15 is 0 Å². The van der Waals surface area contributed by atoms with Gasteiger partial charge in [0.15, 0.2) is 0 Å². The second kappa shape index (κ2) is 5.06. The molecule has 0 unspecified atom stereocenters. The maximum atomic E-state index is 9.12. The van der Waals surface area contributed by atoms with E-state index in [1.54, 1.807) is 0 Å². The Balaban J connectivity index is 2.13. The third-order valence-electron chi connectivity index (χ3n) is 3.69. The van der Waals surface area contributed by atoms with Crippen molar-refractivity contribution in [2.75, 3.05) is 0 Å². The van der Waals surface area contributed by atoms with E-state index < -0.39 is 0 Å². The van der Waals surface area contributed by atoms with Gasteiger partial charge in [-0.25, -0.2) is 0 Å². The third-order valence-corrected chi connectivity index (χ3v) is 3.93. The Kier molecular flexibility index (Phi) is 3.26. The van der Waals surface area contributed by atoms with Gasteiger partial charge in [-0.05, 0) is 36.1 Å². The summed E-state index contributed by atoms with van der Waals surface area (Å²) in [7, 11) is 0. The maximum absolute atomic E-state index is 9.12. The minimum Gasteiger partial charge on any atom is -0.411 e. The minimum atomic E-state index is 0.320. The second-order valence-electron chi connectivity index (χ2n) is 4.78. The van der Waals surface area contributed by atoms with E-state index in [4.69, 9.17) is 16.8 Å². The van der Waals surface area contributed by atoms with Crippen molar-refractivity contribution in [1.29, 1.82) is 0 Å². The van der Waals surface area contributed by atoms with E-state index in [0.717, 1.165) is 34.7 Å². The molecule has 0 saturated heterocycles. The summed E-state index contributed by atoms with van der Waals surface area (Å²) in [5.41, 5.74) is 4.19. The highest BCUT2D eigenvalue weighted by molar-refractivity contribution is 6.30. The Bertz CT molecular complexity index is 622. The monoisotopic (exact) mass is 271 g/mol. The first kappa shape index (κ1) is 12.2. The highest BCUT2D eigenvalue weighted by atomic mass is 35.5. The predicted molar refractivity (Wildman–Crippen MR) is 77.3 cm³/mol. The molecule has 1 aliphatic carbocycles. The molecule has 0 aromatic heterocycles. The number of halogens is 1. The normalized spacial score (nSPS) is 20.3. The standard InChI is InChI=1S/C16H14ClNO/c17-12-6-7-14-15(10-12)13(8-9-16(14)18-19)11-4-2-1-3-5-11/h1-7,10,13,19H,8-9H2/b18-16-/t13-/m1/s1. The Morgan fingerprint density at radius 3 is 2.63 bits per heavy atom. The van der Waals surface area contributed by atoms with Gasteiger partial charge in [0, 0.05) is 16.5 Å². The molecule has 1 aliphatic rings. The summed E-state index contributed by atoms with van der Waals surface area (Å²) in [4.78, 5) is 0. The summed E-state index contributed by atoms with van der Waals surface area (Å²) in [6.07, 6.45) is 1.72. The van der Waals surface area contributed by atoms with E-state index in [1.807, 2.05) is 24.3 Å². The van der Waals surface area contributed by atoms with Crippen molar-refractivity contribution in [3.63, 3.8) is 0 Å². The molecule has 96 valence electrons. The lowest BCUT2D eigenvalue weighted by atomic mass is 9.78. The van der Waals surface area contributed by atoms with Crippen LogP contribution in [-0.4, -0.2) is 10.9 Å². The van der Waals surface area contributed by atoms with Crippen LogP contribution >= 0.6 is 11.6 Å². The molecule has 2 aromatic carbocycles. The lowest BCUT2D eigenvalue weighted by Crippen LogP contribution is -2.17. The van der Waals surface area contributed by atoms with E-state index in [-0.39, 0.29) is 0 Å². The minimum absolute atomic E-state index is 0.320. The molecule has 1 atom stereocenters. The van der Waals surface area contributed by atoms with Gasteiger partial charge in [0.2, 0.25) is 0 Å². The summed E-state index contributed by atoms with van der Waals surface area (Å²) in [5, 5.41) is 13.3. The van der Waals surface area contributed by atoms with Crippen LogP contribution in [0.15, 0.2) is 53.7 Å². The SMILES string of the molecule is O/N=C1/CC[C@H](c2ccccc2)c2cc(Cl)ccc21. The fraction of sp³-hybridized carbons (Fsp3) is 0.188. The molecule has 0 bridgehead atoms. The van der Waals surface area contributed by atoms with Gasteiger partial charge in [-0.3, -0.25) is 0 Å². The maximum Gasteiger partial charge on any atom is 0.0871 e. The van der Waals surface area contributed by atoms with Crippen molar-refractivity contribution >= 4 is 17.3 Å². The number of hydrogen-bond acceptors (Lipinski definition) is 2. The zero-order valence-electron chi connectivity index (χ0n) is 10.4. The van der Waals surface area contributed by atoms with Crippen LogP contribution in [-0.2, 0) is 0 Å². The molecule has 0 saturated carbocycles. The summed E-state index contributed by atoms with van der Waals surface area (Å²) < 4.78 is 0. The zero-order chi connectivity index (χ0) is 13.2. The Labute approximate surface area is 117 Å². The van der Waals surface area contributed by atoms with Crippen LogP contribution in [0.3, 0.4) is 0 Å². The molecule has 3 heteroatoms. The van der Waals surface area contributed by atoms with Crippen molar-refractivity contribution < 1.29 is 5.21 Å². The first-order chi connectivity index (χ1) is 9.29. The van der Waals surface area contributed by atoms with E-state index in [1.165, 1.54) is 5.56 Å². The van der Waals surface area contributed by atoms with Gasteiger partial charge in [0.05, 0.1) is 5.71 Å². The number of nitrogens with zero attached hydrogens (tertiary/aromatic N) is 1. The van der Waals surface area contributed by atoms with Crippen LogP contribution in [0, 0.1) is 0 Å². The Hall–Kier alpha value is -1.80. The van der Waals surface area contributed by atoms with Crippen LogP contribution in [0.5, 0.6) is 0 Å². The van der Waals surface area contributed by atoms with E-state index in [2.05, 4.69) is 29.4 Å². The quantitative estimate of drug-likeness (QED) is 0.603. The van der Waals surface area contributed by atoms with Gasteiger partial charge in [-0.2, -0.15) is 0 Å². The fourth-order valence-corrected chi connectivity index (χ4v) is 2.97. The van der Waals surface area contributed by atoms with Crippen LogP contribution < -0.4 is 0 Å². The topological polar surface area (TPSA) is 32.6 Å². The fourth-order valence-electron chi connectivity index (χ4n) is 2.79. The Morgan fingerprint density at radius 1 is 1.11 bits per heavy atom. The van der Waals surface area contributed by atoms with Crippen molar-refractivity contribution in [1.82, 2.24) is 0 Å². The van der Waals surface area contributed by atoms with Gasteiger partial charge in [0.1, 0.15) is 0 Å². The Morgan fingerprint density at radius 2 is 1.89 bits per heavy atom. The molecule has 3 rings (SSSR count). The highest BCUT2D eigenvalue weighted by Gasteiger charge is 2.26. The molecule has 0 amide bonds. The average Bonchev–Trinajstić information content (AvgIpc) is 2.46.